The molecule has 0 saturated carbocycles. The van der Waals surface area contributed by atoms with Crippen molar-refractivity contribution < 1.29 is 9.21 Å². The van der Waals surface area contributed by atoms with E-state index in [4.69, 9.17) is 4.42 Å². The number of nitrogens with one attached hydrogen (secondary N) is 1. The van der Waals surface area contributed by atoms with Gasteiger partial charge in [0.05, 0.1) is 5.39 Å². The third-order valence-corrected chi connectivity index (χ3v) is 3.72. The van der Waals surface area contributed by atoms with E-state index in [0.717, 1.165) is 16.3 Å². The number of hydrogen-bond donors (Lipinski definition) is 1. The second-order valence-corrected chi connectivity index (χ2v) is 6.51. The van der Waals surface area contributed by atoms with Crippen molar-refractivity contribution in [2.45, 2.75) is 39.7 Å². The lowest BCUT2D eigenvalue weighted by Crippen LogP contribution is -2.33. The van der Waals surface area contributed by atoms with Crippen molar-refractivity contribution in [2.75, 3.05) is 5.32 Å². The maximum Gasteiger partial charge on any atom is 0.344 e. The number of Topliss-reactive ketones (excluding diaryl/α,β-unsaturated/α-hetero) is 1. The van der Waals surface area contributed by atoms with Gasteiger partial charge in [0.1, 0.15) is 11.2 Å². The third-order valence-electron chi connectivity index (χ3n) is 3.72. The summed E-state index contributed by atoms with van der Waals surface area (Å²) < 4.78 is 5.40. The van der Waals surface area contributed by atoms with Gasteiger partial charge in [-0.05, 0) is 45.9 Å². The molecule has 0 unspecified atom stereocenters. The fraction of sp³-hybridized carbons (Fsp3) is 0.300. The Kier molecular flexibility index (Phi) is 5.07. The second kappa shape index (κ2) is 6.87. The van der Waals surface area contributed by atoms with E-state index in [2.05, 4.69) is 11.9 Å². The van der Waals surface area contributed by atoms with Crippen LogP contribution in [-0.2, 0) is 4.79 Å². The normalized spacial score (nSPS) is 13.3. The molecule has 0 bridgehead atoms. The van der Waals surface area contributed by atoms with Gasteiger partial charge in [0.25, 0.3) is 0 Å². The van der Waals surface area contributed by atoms with Gasteiger partial charge in [-0.3, -0.25) is 4.79 Å². The molecule has 0 aliphatic rings. The third kappa shape index (κ3) is 3.82. The van der Waals surface area contributed by atoms with Crippen LogP contribution in [0.4, 0.5) is 5.69 Å². The molecule has 0 fully saturated rings. The highest BCUT2D eigenvalue weighted by Crippen LogP contribution is 2.20. The van der Waals surface area contributed by atoms with Crippen LogP contribution in [0, 0.1) is 0 Å². The standard InChI is InChI=1S/C20H23NO3/c1-6-8-16-15-10-9-14(21-20(4,5)12-13(3)22)11-17(15)19(23)24-18(16)7-2/h6-11,21H,1,12H2,2-5H3/b16-8-,18-7+. The Balaban J connectivity index is 2.63. The first kappa shape index (κ1) is 17.7. The minimum Gasteiger partial charge on any atom is -0.423 e. The van der Waals surface area contributed by atoms with Crippen LogP contribution in [0.15, 0.2) is 40.1 Å². The highest BCUT2D eigenvalue weighted by Gasteiger charge is 2.20. The SMILES string of the molecule is C=C/C=c1\c(=C/C)oc(=O)c2cc(NC(C)(C)CC(C)=O)ccc12. The molecule has 0 saturated heterocycles. The molecule has 1 aromatic carbocycles. The molecule has 1 N–H and O–H groups in total. The number of anilines is 1. The number of hydrogen-bond acceptors (Lipinski definition) is 4. The zero-order valence-corrected chi connectivity index (χ0v) is 14.6. The van der Waals surface area contributed by atoms with Gasteiger partial charge in [0, 0.05) is 28.3 Å². The van der Waals surface area contributed by atoms with Gasteiger partial charge >= 0.3 is 5.63 Å². The Morgan fingerprint density at radius 2 is 2.04 bits per heavy atom. The maximum atomic E-state index is 12.3. The van der Waals surface area contributed by atoms with Crippen LogP contribution >= 0.6 is 0 Å². The smallest absolute Gasteiger partial charge is 0.344 e. The van der Waals surface area contributed by atoms with E-state index in [1.54, 1.807) is 25.1 Å². The molecule has 4 nitrogen and oxygen atoms in total. The summed E-state index contributed by atoms with van der Waals surface area (Å²) in [5.41, 5.74) is 0.531. The van der Waals surface area contributed by atoms with Crippen molar-refractivity contribution in [3.63, 3.8) is 0 Å². The van der Waals surface area contributed by atoms with E-state index in [1.165, 1.54) is 0 Å². The van der Waals surface area contributed by atoms with Crippen molar-refractivity contribution in [3.8, 4) is 0 Å². The van der Waals surface area contributed by atoms with Gasteiger partial charge < -0.3 is 9.73 Å². The van der Waals surface area contributed by atoms with Gasteiger partial charge in [-0.2, -0.15) is 0 Å². The number of carbonyl (C=O) groups is 1. The molecule has 24 heavy (non-hydrogen) atoms. The lowest BCUT2D eigenvalue weighted by Gasteiger charge is -2.26. The van der Waals surface area contributed by atoms with Gasteiger partial charge in [-0.25, -0.2) is 4.79 Å². The molecule has 0 spiro atoms. The molecule has 1 heterocycles. The van der Waals surface area contributed by atoms with Gasteiger partial charge in [0.2, 0.25) is 0 Å². The van der Waals surface area contributed by atoms with Crippen LogP contribution in [-0.4, -0.2) is 11.3 Å². The van der Waals surface area contributed by atoms with E-state index in [9.17, 15) is 9.59 Å². The van der Waals surface area contributed by atoms with E-state index >= 15 is 0 Å². The molecule has 4 heteroatoms. The van der Waals surface area contributed by atoms with Crippen molar-refractivity contribution in [3.05, 3.63) is 51.9 Å². The predicted molar refractivity (Wildman–Crippen MR) is 99.5 cm³/mol. The van der Waals surface area contributed by atoms with Gasteiger partial charge in [-0.1, -0.05) is 24.8 Å². The Morgan fingerprint density at radius 1 is 1.33 bits per heavy atom. The average molecular weight is 325 g/mol. The van der Waals surface area contributed by atoms with Crippen molar-refractivity contribution >= 4 is 34.4 Å². The van der Waals surface area contributed by atoms with Crippen molar-refractivity contribution in [2.24, 2.45) is 0 Å². The highest BCUT2D eigenvalue weighted by atomic mass is 16.4. The molecule has 1 aromatic heterocycles. The Hall–Kier alpha value is -2.62. The molecule has 0 radical (unpaired) electrons. The Morgan fingerprint density at radius 3 is 2.62 bits per heavy atom. The van der Waals surface area contributed by atoms with E-state index in [-0.39, 0.29) is 11.4 Å². The summed E-state index contributed by atoms with van der Waals surface area (Å²) in [6, 6.07) is 5.56. The largest absolute Gasteiger partial charge is 0.423 e. The van der Waals surface area contributed by atoms with E-state index < -0.39 is 5.54 Å². The quantitative estimate of drug-likeness (QED) is 0.918. The molecule has 0 aliphatic carbocycles. The van der Waals surface area contributed by atoms with Crippen LogP contribution in [0.25, 0.3) is 22.9 Å². The van der Waals surface area contributed by atoms with E-state index in [1.807, 2.05) is 39.0 Å². The van der Waals surface area contributed by atoms with Crippen LogP contribution < -0.4 is 21.6 Å². The number of rotatable bonds is 5. The summed E-state index contributed by atoms with van der Waals surface area (Å²) in [5, 5.41) is 5.45. The molecule has 0 atom stereocenters. The fourth-order valence-electron chi connectivity index (χ4n) is 2.93. The fourth-order valence-corrected chi connectivity index (χ4v) is 2.93. The molecule has 2 aromatic rings. The number of allylic oxidation sites excluding steroid dienone is 1. The molecular formula is C20H23NO3. The summed E-state index contributed by atoms with van der Waals surface area (Å²) in [4.78, 5) is 23.7. The van der Waals surface area contributed by atoms with Crippen molar-refractivity contribution in [1.82, 2.24) is 0 Å². The predicted octanol–water partition coefficient (Wildman–Crippen LogP) is 2.73. The van der Waals surface area contributed by atoms with Crippen molar-refractivity contribution in [1.29, 1.82) is 0 Å². The Bertz CT molecular complexity index is 965. The summed E-state index contributed by atoms with van der Waals surface area (Å²) in [7, 11) is 0. The average Bonchev–Trinajstić information content (AvgIpc) is 2.48. The molecule has 0 amide bonds. The minimum absolute atomic E-state index is 0.110. The number of ketones is 1. The first-order valence-electron chi connectivity index (χ1n) is 7.91. The summed E-state index contributed by atoms with van der Waals surface area (Å²) in [5.74, 6) is 0.110. The summed E-state index contributed by atoms with van der Waals surface area (Å²) >= 11 is 0. The molecule has 126 valence electrons. The molecule has 0 aliphatic heterocycles. The minimum atomic E-state index is -0.396. The monoisotopic (exact) mass is 325 g/mol. The lowest BCUT2D eigenvalue weighted by atomic mass is 9.97. The summed E-state index contributed by atoms with van der Waals surface area (Å²) in [6.45, 7) is 11.0. The van der Waals surface area contributed by atoms with Gasteiger partial charge in [-0.15, -0.1) is 0 Å². The highest BCUT2D eigenvalue weighted by molar-refractivity contribution is 5.86. The van der Waals surface area contributed by atoms with Crippen LogP contribution in [0.5, 0.6) is 0 Å². The van der Waals surface area contributed by atoms with Crippen LogP contribution in [0.1, 0.15) is 34.1 Å². The second-order valence-electron chi connectivity index (χ2n) is 6.51. The molecular weight excluding hydrogens is 302 g/mol. The first-order chi connectivity index (χ1) is 11.3. The van der Waals surface area contributed by atoms with Gasteiger partial charge in [0.15, 0.2) is 0 Å². The molecule has 2 rings (SSSR count). The number of carbonyl (C=O) groups excluding carboxylic acids is 1. The Labute approximate surface area is 141 Å². The first-order valence-corrected chi connectivity index (χ1v) is 7.91. The zero-order chi connectivity index (χ0) is 17.9. The maximum absolute atomic E-state index is 12.3. The topological polar surface area (TPSA) is 59.3 Å². The van der Waals surface area contributed by atoms with E-state index in [0.29, 0.717) is 17.2 Å². The van der Waals surface area contributed by atoms with Crippen LogP contribution in [0.2, 0.25) is 0 Å². The van der Waals surface area contributed by atoms with Crippen LogP contribution in [0.3, 0.4) is 0 Å². The number of fused-ring (bicyclic) bond motifs is 1. The summed E-state index contributed by atoms with van der Waals surface area (Å²) in [6.07, 6.45) is 5.66. The lowest BCUT2D eigenvalue weighted by molar-refractivity contribution is -0.117. The number of benzene rings is 1. The zero-order valence-electron chi connectivity index (χ0n) is 14.6.